The summed E-state index contributed by atoms with van der Waals surface area (Å²) in [6.07, 6.45) is 3.63. The van der Waals surface area contributed by atoms with Crippen molar-refractivity contribution in [3.8, 4) is 5.75 Å². The third kappa shape index (κ3) is 2.13. The first-order valence-electron chi connectivity index (χ1n) is 6.91. The van der Waals surface area contributed by atoms with Gasteiger partial charge in [0.2, 0.25) is 0 Å². The maximum Gasteiger partial charge on any atom is 0.122 e. The quantitative estimate of drug-likeness (QED) is 0.882. The van der Waals surface area contributed by atoms with E-state index < -0.39 is 0 Å². The fraction of sp³-hybridized carbons (Fsp3) is 0.600. The van der Waals surface area contributed by atoms with Crippen molar-refractivity contribution >= 4 is 0 Å². The SMILES string of the molecule is CN(C)C(c1ccc2c(c1)CCO2)C1CCCN1. The molecule has 2 aliphatic heterocycles. The molecule has 1 N–H and O–H groups in total. The summed E-state index contributed by atoms with van der Waals surface area (Å²) in [5, 5.41) is 3.63. The fourth-order valence-corrected chi connectivity index (χ4v) is 3.26. The topological polar surface area (TPSA) is 24.5 Å². The number of fused-ring (bicyclic) bond motifs is 1. The number of rotatable bonds is 3. The highest BCUT2D eigenvalue weighted by Gasteiger charge is 2.28. The molecule has 0 aliphatic carbocycles. The predicted molar refractivity (Wildman–Crippen MR) is 73.1 cm³/mol. The van der Waals surface area contributed by atoms with Crippen LogP contribution in [0.5, 0.6) is 5.75 Å². The van der Waals surface area contributed by atoms with Gasteiger partial charge in [0.05, 0.1) is 6.61 Å². The molecule has 3 heteroatoms. The van der Waals surface area contributed by atoms with Crippen molar-refractivity contribution in [2.24, 2.45) is 0 Å². The van der Waals surface area contributed by atoms with E-state index in [4.69, 9.17) is 4.74 Å². The van der Waals surface area contributed by atoms with Crippen LogP contribution < -0.4 is 10.1 Å². The Bertz CT molecular complexity index is 425. The number of nitrogens with zero attached hydrogens (tertiary/aromatic N) is 1. The molecule has 1 fully saturated rings. The second-order valence-electron chi connectivity index (χ2n) is 5.58. The van der Waals surface area contributed by atoms with Crippen LogP contribution in [-0.4, -0.2) is 38.2 Å². The Morgan fingerprint density at radius 1 is 1.39 bits per heavy atom. The van der Waals surface area contributed by atoms with Crippen molar-refractivity contribution in [3.05, 3.63) is 29.3 Å². The van der Waals surface area contributed by atoms with Gasteiger partial charge in [-0.25, -0.2) is 0 Å². The molecule has 1 saturated heterocycles. The van der Waals surface area contributed by atoms with Gasteiger partial charge in [-0.2, -0.15) is 0 Å². The standard InChI is InChI=1S/C15H22N2O/c1-17(2)15(13-4-3-8-16-13)12-5-6-14-11(10-12)7-9-18-14/h5-6,10,13,15-16H,3-4,7-9H2,1-2H3. The third-order valence-electron chi connectivity index (χ3n) is 4.09. The summed E-state index contributed by atoms with van der Waals surface area (Å²) in [5.74, 6) is 1.08. The molecule has 1 aromatic rings. The van der Waals surface area contributed by atoms with Crippen molar-refractivity contribution in [1.29, 1.82) is 0 Å². The smallest absolute Gasteiger partial charge is 0.122 e. The van der Waals surface area contributed by atoms with Crippen molar-refractivity contribution in [1.82, 2.24) is 10.2 Å². The molecule has 0 bridgehead atoms. The zero-order valence-electron chi connectivity index (χ0n) is 11.3. The maximum absolute atomic E-state index is 5.59. The lowest BCUT2D eigenvalue weighted by atomic mass is 9.95. The van der Waals surface area contributed by atoms with E-state index in [-0.39, 0.29) is 0 Å². The van der Waals surface area contributed by atoms with Crippen LogP contribution in [0.3, 0.4) is 0 Å². The molecule has 3 nitrogen and oxygen atoms in total. The molecule has 3 rings (SSSR count). The second-order valence-corrected chi connectivity index (χ2v) is 5.58. The number of likely N-dealkylation sites (N-methyl/N-ethyl adjacent to an activating group) is 1. The molecule has 0 radical (unpaired) electrons. The van der Waals surface area contributed by atoms with Gasteiger partial charge in [0.1, 0.15) is 5.75 Å². The number of hydrogen-bond donors (Lipinski definition) is 1. The van der Waals surface area contributed by atoms with E-state index in [9.17, 15) is 0 Å². The maximum atomic E-state index is 5.59. The van der Waals surface area contributed by atoms with Gasteiger partial charge >= 0.3 is 0 Å². The molecule has 98 valence electrons. The van der Waals surface area contributed by atoms with Crippen LogP contribution in [0, 0.1) is 0 Å². The van der Waals surface area contributed by atoms with Gasteiger partial charge in [0, 0.05) is 18.5 Å². The van der Waals surface area contributed by atoms with Crippen LogP contribution in [0.25, 0.3) is 0 Å². The highest BCUT2D eigenvalue weighted by atomic mass is 16.5. The Hall–Kier alpha value is -1.06. The van der Waals surface area contributed by atoms with E-state index in [0.717, 1.165) is 25.3 Å². The summed E-state index contributed by atoms with van der Waals surface area (Å²) in [7, 11) is 4.35. The number of ether oxygens (including phenoxy) is 1. The molecular weight excluding hydrogens is 224 g/mol. The Morgan fingerprint density at radius 2 is 2.28 bits per heavy atom. The monoisotopic (exact) mass is 246 g/mol. The Labute approximate surface area is 109 Å². The van der Waals surface area contributed by atoms with Crippen molar-refractivity contribution in [3.63, 3.8) is 0 Å². The van der Waals surface area contributed by atoms with Crippen LogP contribution in [0.2, 0.25) is 0 Å². The average Bonchev–Trinajstić information content (AvgIpc) is 2.98. The van der Waals surface area contributed by atoms with Crippen LogP contribution in [0.1, 0.15) is 30.0 Å². The van der Waals surface area contributed by atoms with E-state index in [1.165, 1.54) is 24.0 Å². The number of benzene rings is 1. The summed E-state index contributed by atoms with van der Waals surface area (Å²) in [6, 6.07) is 7.77. The van der Waals surface area contributed by atoms with E-state index in [1.54, 1.807) is 0 Å². The average molecular weight is 246 g/mol. The highest BCUT2D eigenvalue weighted by Crippen LogP contribution is 2.32. The van der Waals surface area contributed by atoms with Crippen LogP contribution >= 0.6 is 0 Å². The lowest BCUT2D eigenvalue weighted by Crippen LogP contribution is -2.37. The van der Waals surface area contributed by atoms with E-state index >= 15 is 0 Å². The summed E-state index contributed by atoms with van der Waals surface area (Å²) >= 11 is 0. The molecule has 2 unspecified atom stereocenters. The van der Waals surface area contributed by atoms with Crippen LogP contribution in [-0.2, 0) is 6.42 Å². The second kappa shape index (κ2) is 4.90. The first kappa shape index (κ1) is 12.0. The van der Waals surface area contributed by atoms with Gasteiger partial charge < -0.3 is 15.0 Å². The first-order valence-corrected chi connectivity index (χ1v) is 6.91. The summed E-state index contributed by atoms with van der Waals surface area (Å²) in [6.45, 7) is 2.00. The number of nitrogens with one attached hydrogen (secondary N) is 1. The van der Waals surface area contributed by atoms with Gasteiger partial charge in [-0.15, -0.1) is 0 Å². The van der Waals surface area contributed by atoms with Gasteiger partial charge in [0.25, 0.3) is 0 Å². The Kier molecular flexibility index (Phi) is 3.27. The molecule has 2 heterocycles. The van der Waals surface area contributed by atoms with E-state index in [1.807, 2.05) is 0 Å². The molecule has 18 heavy (non-hydrogen) atoms. The molecule has 0 amide bonds. The summed E-state index contributed by atoms with van der Waals surface area (Å²) in [4.78, 5) is 2.33. The normalized spacial score (nSPS) is 24.1. The summed E-state index contributed by atoms with van der Waals surface area (Å²) in [5.41, 5.74) is 2.79. The van der Waals surface area contributed by atoms with Crippen molar-refractivity contribution in [2.75, 3.05) is 27.2 Å². The predicted octanol–water partition coefficient (Wildman–Crippen LogP) is 1.98. The molecule has 0 saturated carbocycles. The molecule has 0 spiro atoms. The molecule has 2 aliphatic rings. The van der Waals surface area contributed by atoms with E-state index in [0.29, 0.717) is 12.1 Å². The van der Waals surface area contributed by atoms with Gasteiger partial charge in [-0.3, -0.25) is 0 Å². The minimum absolute atomic E-state index is 0.471. The zero-order valence-corrected chi connectivity index (χ0v) is 11.3. The van der Waals surface area contributed by atoms with E-state index in [2.05, 4.69) is 42.5 Å². The molecule has 0 aromatic heterocycles. The lowest BCUT2D eigenvalue weighted by molar-refractivity contribution is 0.244. The van der Waals surface area contributed by atoms with Crippen molar-refractivity contribution in [2.45, 2.75) is 31.3 Å². The zero-order chi connectivity index (χ0) is 12.5. The third-order valence-corrected chi connectivity index (χ3v) is 4.09. The molecule has 1 aromatic carbocycles. The Morgan fingerprint density at radius 3 is 3.00 bits per heavy atom. The summed E-state index contributed by atoms with van der Waals surface area (Å²) < 4.78 is 5.59. The van der Waals surface area contributed by atoms with Crippen LogP contribution in [0.4, 0.5) is 0 Å². The Balaban J connectivity index is 1.89. The van der Waals surface area contributed by atoms with Crippen molar-refractivity contribution < 1.29 is 4.74 Å². The van der Waals surface area contributed by atoms with Gasteiger partial charge in [-0.1, -0.05) is 12.1 Å². The fourth-order valence-electron chi connectivity index (χ4n) is 3.26. The van der Waals surface area contributed by atoms with Gasteiger partial charge in [-0.05, 0) is 50.7 Å². The van der Waals surface area contributed by atoms with Gasteiger partial charge in [0.15, 0.2) is 0 Å². The van der Waals surface area contributed by atoms with Crippen LogP contribution in [0.15, 0.2) is 18.2 Å². The molecule has 2 atom stereocenters. The lowest BCUT2D eigenvalue weighted by Gasteiger charge is -2.30. The number of hydrogen-bond acceptors (Lipinski definition) is 3. The minimum atomic E-state index is 0.471. The minimum Gasteiger partial charge on any atom is -0.493 e. The largest absolute Gasteiger partial charge is 0.493 e. The molecular formula is C15H22N2O. The highest BCUT2D eigenvalue weighted by molar-refractivity contribution is 5.41. The first-order chi connectivity index (χ1) is 8.75.